The van der Waals surface area contributed by atoms with E-state index in [1.807, 2.05) is 0 Å². The van der Waals surface area contributed by atoms with Gasteiger partial charge in [-0.05, 0) is 44.3 Å². The van der Waals surface area contributed by atoms with Crippen LogP contribution in [-0.4, -0.2) is 19.6 Å². The Morgan fingerprint density at radius 2 is 2.27 bits per heavy atom. The van der Waals surface area contributed by atoms with Crippen molar-refractivity contribution in [3.63, 3.8) is 0 Å². The van der Waals surface area contributed by atoms with Crippen LogP contribution in [0.1, 0.15) is 26.2 Å². The van der Waals surface area contributed by atoms with E-state index in [0.717, 1.165) is 19.0 Å². The predicted molar refractivity (Wildman–Crippen MR) is 48.4 cm³/mol. The first-order valence-corrected chi connectivity index (χ1v) is 4.73. The van der Waals surface area contributed by atoms with Gasteiger partial charge in [0.2, 0.25) is 0 Å². The standard InChI is InChI=1S/C9H20N2/c1-8(5-10)6-11-7-9-3-2-4-9/h8-9,11H,2-7,10H2,1H3. The first-order chi connectivity index (χ1) is 5.33. The molecule has 1 rings (SSSR count). The molecule has 0 aliphatic heterocycles. The van der Waals surface area contributed by atoms with E-state index < -0.39 is 0 Å². The van der Waals surface area contributed by atoms with Gasteiger partial charge in [-0.1, -0.05) is 13.3 Å². The molecule has 1 unspecified atom stereocenters. The van der Waals surface area contributed by atoms with Crippen LogP contribution in [0.15, 0.2) is 0 Å². The molecule has 0 spiro atoms. The van der Waals surface area contributed by atoms with Crippen molar-refractivity contribution in [3.8, 4) is 0 Å². The first kappa shape index (κ1) is 9.01. The van der Waals surface area contributed by atoms with Gasteiger partial charge in [-0.15, -0.1) is 0 Å². The van der Waals surface area contributed by atoms with Crippen molar-refractivity contribution in [1.29, 1.82) is 0 Å². The van der Waals surface area contributed by atoms with Crippen LogP contribution in [0.25, 0.3) is 0 Å². The Hall–Kier alpha value is -0.0800. The van der Waals surface area contributed by atoms with Crippen LogP contribution in [0.4, 0.5) is 0 Å². The quantitative estimate of drug-likeness (QED) is 0.622. The van der Waals surface area contributed by atoms with Gasteiger partial charge in [0.1, 0.15) is 0 Å². The Balaban J connectivity index is 1.86. The van der Waals surface area contributed by atoms with Gasteiger partial charge in [0.25, 0.3) is 0 Å². The summed E-state index contributed by atoms with van der Waals surface area (Å²) in [5, 5.41) is 3.46. The van der Waals surface area contributed by atoms with Crippen LogP contribution in [0, 0.1) is 11.8 Å². The van der Waals surface area contributed by atoms with Gasteiger partial charge in [0, 0.05) is 0 Å². The minimum atomic E-state index is 0.634. The Morgan fingerprint density at radius 3 is 2.73 bits per heavy atom. The van der Waals surface area contributed by atoms with E-state index in [2.05, 4.69) is 12.2 Å². The summed E-state index contributed by atoms with van der Waals surface area (Å²) in [6.07, 6.45) is 4.31. The van der Waals surface area contributed by atoms with Crippen molar-refractivity contribution in [2.45, 2.75) is 26.2 Å². The van der Waals surface area contributed by atoms with Gasteiger partial charge in [-0.25, -0.2) is 0 Å². The third-order valence-corrected chi connectivity index (χ3v) is 2.55. The van der Waals surface area contributed by atoms with E-state index in [1.54, 1.807) is 0 Å². The monoisotopic (exact) mass is 156 g/mol. The molecule has 2 nitrogen and oxygen atoms in total. The largest absolute Gasteiger partial charge is 0.330 e. The smallest absolute Gasteiger partial charge is 0.00110 e. The van der Waals surface area contributed by atoms with Crippen LogP contribution in [0.5, 0.6) is 0 Å². The zero-order chi connectivity index (χ0) is 8.10. The normalized spacial score (nSPS) is 21.3. The third kappa shape index (κ3) is 3.21. The van der Waals surface area contributed by atoms with E-state index in [1.165, 1.54) is 25.8 Å². The lowest BCUT2D eigenvalue weighted by atomic mass is 9.85. The average molecular weight is 156 g/mol. The summed E-state index contributed by atoms with van der Waals surface area (Å²) >= 11 is 0. The van der Waals surface area contributed by atoms with Gasteiger partial charge in [0.15, 0.2) is 0 Å². The molecule has 1 fully saturated rings. The lowest BCUT2D eigenvalue weighted by Crippen LogP contribution is -2.32. The maximum Gasteiger partial charge on any atom is -0.00110 e. The fourth-order valence-corrected chi connectivity index (χ4v) is 1.31. The number of nitrogens with one attached hydrogen (secondary N) is 1. The van der Waals surface area contributed by atoms with Gasteiger partial charge < -0.3 is 11.1 Å². The van der Waals surface area contributed by atoms with E-state index >= 15 is 0 Å². The van der Waals surface area contributed by atoms with Crippen molar-refractivity contribution < 1.29 is 0 Å². The van der Waals surface area contributed by atoms with Gasteiger partial charge in [0.05, 0.1) is 0 Å². The van der Waals surface area contributed by atoms with Crippen LogP contribution < -0.4 is 11.1 Å². The Bertz CT molecular complexity index is 95.0. The fraction of sp³-hybridized carbons (Fsp3) is 1.00. The molecule has 0 aromatic heterocycles. The number of nitrogens with two attached hydrogens (primary N) is 1. The van der Waals surface area contributed by atoms with Crippen molar-refractivity contribution in [1.82, 2.24) is 5.32 Å². The summed E-state index contributed by atoms with van der Waals surface area (Å²) in [6.45, 7) is 5.29. The zero-order valence-electron chi connectivity index (χ0n) is 7.47. The molecule has 1 aliphatic rings. The van der Waals surface area contributed by atoms with Crippen LogP contribution in [0.2, 0.25) is 0 Å². The van der Waals surface area contributed by atoms with E-state index in [-0.39, 0.29) is 0 Å². The minimum absolute atomic E-state index is 0.634. The van der Waals surface area contributed by atoms with Gasteiger partial charge in [-0.3, -0.25) is 0 Å². The van der Waals surface area contributed by atoms with Crippen LogP contribution >= 0.6 is 0 Å². The molecular weight excluding hydrogens is 136 g/mol. The maximum atomic E-state index is 5.50. The molecule has 0 bridgehead atoms. The van der Waals surface area contributed by atoms with Crippen LogP contribution in [-0.2, 0) is 0 Å². The molecule has 0 amide bonds. The molecule has 0 heterocycles. The topological polar surface area (TPSA) is 38.0 Å². The van der Waals surface area contributed by atoms with Crippen molar-refractivity contribution >= 4 is 0 Å². The zero-order valence-corrected chi connectivity index (χ0v) is 7.47. The van der Waals surface area contributed by atoms with E-state index in [4.69, 9.17) is 5.73 Å². The molecular formula is C9H20N2. The molecule has 0 aromatic rings. The van der Waals surface area contributed by atoms with Crippen molar-refractivity contribution in [2.75, 3.05) is 19.6 Å². The van der Waals surface area contributed by atoms with Crippen molar-refractivity contribution in [3.05, 3.63) is 0 Å². The highest BCUT2D eigenvalue weighted by atomic mass is 14.9. The Labute approximate surface area is 69.5 Å². The fourth-order valence-electron chi connectivity index (χ4n) is 1.31. The second-order valence-corrected chi connectivity index (χ2v) is 3.80. The summed E-state index contributed by atoms with van der Waals surface area (Å²) in [5.74, 6) is 1.61. The third-order valence-electron chi connectivity index (χ3n) is 2.55. The lowest BCUT2D eigenvalue weighted by molar-refractivity contribution is 0.296. The molecule has 0 radical (unpaired) electrons. The predicted octanol–water partition coefficient (Wildman–Crippen LogP) is 0.971. The molecule has 0 aromatic carbocycles. The highest BCUT2D eigenvalue weighted by molar-refractivity contribution is 4.72. The van der Waals surface area contributed by atoms with Crippen LogP contribution in [0.3, 0.4) is 0 Å². The molecule has 2 heteroatoms. The first-order valence-electron chi connectivity index (χ1n) is 4.73. The molecule has 3 N–H and O–H groups in total. The average Bonchev–Trinajstić information content (AvgIpc) is 1.94. The Morgan fingerprint density at radius 1 is 1.55 bits per heavy atom. The molecule has 66 valence electrons. The molecule has 1 aliphatic carbocycles. The SMILES string of the molecule is CC(CN)CNCC1CCC1. The number of hydrogen-bond donors (Lipinski definition) is 2. The molecule has 1 saturated carbocycles. The highest BCUT2D eigenvalue weighted by Gasteiger charge is 2.16. The second-order valence-electron chi connectivity index (χ2n) is 3.80. The second kappa shape index (κ2) is 4.73. The number of rotatable bonds is 5. The number of hydrogen-bond acceptors (Lipinski definition) is 2. The molecule has 1 atom stereocenters. The molecule has 0 saturated heterocycles. The van der Waals surface area contributed by atoms with E-state index in [9.17, 15) is 0 Å². The summed E-state index contributed by atoms with van der Waals surface area (Å²) in [7, 11) is 0. The summed E-state index contributed by atoms with van der Waals surface area (Å²) in [4.78, 5) is 0. The maximum absolute atomic E-state index is 5.50. The minimum Gasteiger partial charge on any atom is -0.330 e. The highest BCUT2D eigenvalue weighted by Crippen LogP contribution is 2.24. The van der Waals surface area contributed by atoms with Gasteiger partial charge >= 0.3 is 0 Å². The molecule has 11 heavy (non-hydrogen) atoms. The lowest BCUT2D eigenvalue weighted by Gasteiger charge is -2.26. The summed E-state index contributed by atoms with van der Waals surface area (Å²) in [6, 6.07) is 0. The summed E-state index contributed by atoms with van der Waals surface area (Å²) < 4.78 is 0. The van der Waals surface area contributed by atoms with Gasteiger partial charge in [-0.2, -0.15) is 0 Å². The summed E-state index contributed by atoms with van der Waals surface area (Å²) in [5.41, 5.74) is 5.50. The van der Waals surface area contributed by atoms with E-state index in [0.29, 0.717) is 5.92 Å². The Kier molecular flexibility index (Phi) is 3.87. The van der Waals surface area contributed by atoms with Crippen molar-refractivity contribution in [2.24, 2.45) is 17.6 Å².